The number of esters is 1. The van der Waals surface area contributed by atoms with Gasteiger partial charge in [0, 0.05) is 19.0 Å². The average molecular weight is 473 g/mol. The van der Waals surface area contributed by atoms with Crippen molar-refractivity contribution in [3.63, 3.8) is 0 Å². The van der Waals surface area contributed by atoms with Crippen molar-refractivity contribution in [1.82, 2.24) is 5.32 Å². The highest BCUT2D eigenvalue weighted by molar-refractivity contribution is 6.00. The molecule has 1 aliphatic heterocycles. The summed E-state index contributed by atoms with van der Waals surface area (Å²) in [6.45, 7) is 1.82. The van der Waals surface area contributed by atoms with Crippen LogP contribution in [-0.2, 0) is 19.1 Å². The number of nitro groups is 1. The Kier molecular flexibility index (Phi) is 7.77. The first kappa shape index (κ1) is 24.6. The monoisotopic (exact) mass is 473 g/mol. The summed E-state index contributed by atoms with van der Waals surface area (Å²) in [6.07, 6.45) is -0.261. The molecule has 34 heavy (non-hydrogen) atoms. The molecule has 3 rings (SSSR count). The summed E-state index contributed by atoms with van der Waals surface area (Å²) in [6, 6.07) is 9.27. The number of hydrogen-bond donors (Lipinski definition) is 1. The van der Waals surface area contributed by atoms with E-state index < -0.39 is 46.2 Å². The lowest BCUT2D eigenvalue weighted by atomic mass is 10.0. The molecule has 1 heterocycles. The van der Waals surface area contributed by atoms with E-state index in [0.29, 0.717) is 11.3 Å². The zero-order valence-corrected chi connectivity index (χ0v) is 18.7. The molecule has 1 saturated heterocycles. The Balaban J connectivity index is 1.77. The van der Waals surface area contributed by atoms with Gasteiger partial charge in [-0.15, -0.1) is 0 Å². The van der Waals surface area contributed by atoms with Crippen LogP contribution in [0.25, 0.3) is 0 Å². The van der Waals surface area contributed by atoms with Gasteiger partial charge in [-0.2, -0.15) is 4.39 Å². The Hall–Kier alpha value is -4.02. The number of carbonyl (C=O) groups excluding carboxylic acids is 3. The lowest BCUT2D eigenvalue weighted by Crippen LogP contribution is -2.36. The number of methoxy groups -OCH3 is 1. The van der Waals surface area contributed by atoms with E-state index in [0.717, 1.165) is 12.1 Å². The van der Waals surface area contributed by atoms with Crippen molar-refractivity contribution >= 4 is 29.2 Å². The first-order valence-corrected chi connectivity index (χ1v) is 10.6. The molecular weight excluding hydrogens is 449 g/mol. The van der Waals surface area contributed by atoms with E-state index in [1.807, 2.05) is 0 Å². The molecule has 2 aromatic carbocycles. The molecule has 0 aliphatic carbocycles. The highest BCUT2D eigenvalue weighted by Gasteiger charge is 2.37. The summed E-state index contributed by atoms with van der Waals surface area (Å²) in [5.41, 5.74) is -0.00825. The van der Waals surface area contributed by atoms with Crippen LogP contribution < -0.4 is 15.0 Å². The maximum atomic E-state index is 13.7. The summed E-state index contributed by atoms with van der Waals surface area (Å²) in [4.78, 5) is 49.1. The zero-order chi connectivity index (χ0) is 24.8. The largest absolute Gasteiger partial charge is 0.497 e. The van der Waals surface area contributed by atoms with Crippen molar-refractivity contribution < 1.29 is 33.2 Å². The van der Waals surface area contributed by atoms with Crippen molar-refractivity contribution in [2.45, 2.75) is 25.8 Å². The molecule has 0 aromatic heterocycles. The molecule has 0 saturated carbocycles. The molecule has 2 amide bonds. The second-order valence-corrected chi connectivity index (χ2v) is 7.65. The normalized spacial score (nSPS) is 16.1. The van der Waals surface area contributed by atoms with Crippen molar-refractivity contribution in [3.05, 3.63) is 64.0 Å². The molecule has 1 aliphatic rings. The maximum absolute atomic E-state index is 13.7. The minimum Gasteiger partial charge on any atom is -0.497 e. The van der Waals surface area contributed by atoms with E-state index in [2.05, 4.69) is 5.32 Å². The zero-order valence-electron chi connectivity index (χ0n) is 18.7. The van der Waals surface area contributed by atoms with E-state index in [9.17, 15) is 28.9 Å². The first-order chi connectivity index (χ1) is 16.2. The maximum Gasteiger partial charge on any atom is 0.308 e. The number of nitrogens with one attached hydrogen (secondary N) is 1. The second kappa shape index (κ2) is 10.7. The Labute approximate surface area is 194 Å². The van der Waals surface area contributed by atoms with Crippen LogP contribution >= 0.6 is 0 Å². The van der Waals surface area contributed by atoms with Gasteiger partial charge in [0.05, 0.1) is 42.7 Å². The third kappa shape index (κ3) is 5.66. The molecule has 180 valence electrons. The number of rotatable bonds is 9. The van der Waals surface area contributed by atoms with E-state index in [1.165, 1.54) is 18.1 Å². The molecule has 2 atom stereocenters. The topological polar surface area (TPSA) is 128 Å². The number of nitrogens with zero attached hydrogens (tertiary/aromatic N) is 2. The minimum absolute atomic E-state index is 0.0440. The van der Waals surface area contributed by atoms with E-state index in [1.54, 1.807) is 31.2 Å². The number of anilines is 1. The quantitative estimate of drug-likeness (QED) is 0.337. The van der Waals surface area contributed by atoms with Crippen LogP contribution in [0.3, 0.4) is 0 Å². The molecule has 2 aromatic rings. The molecule has 0 radical (unpaired) electrons. The Morgan fingerprint density at radius 1 is 1.29 bits per heavy atom. The van der Waals surface area contributed by atoms with Crippen molar-refractivity contribution in [1.29, 1.82) is 0 Å². The number of nitro benzene ring substituents is 1. The van der Waals surface area contributed by atoms with Gasteiger partial charge in [0.1, 0.15) is 5.75 Å². The fourth-order valence-corrected chi connectivity index (χ4v) is 3.73. The molecular formula is C23H24FN3O7. The molecule has 0 spiro atoms. The molecule has 11 heteroatoms. The molecule has 1 N–H and O–H groups in total. The summed E-state index contributed by atoms with van der Waals surface area (Å²) < 4.78 is 23.9. The lowest BCUT2D eigenvalue weighted by Gasteiger charge is -2.21. The van der Waals surface area contributed by atoms with Crippen LogP contribution in [0.5, 0.6) is 5.75 Å². The van der Waals surface area contributed by atoms with E-state index >= 15 is 0 Å². The highest BCUT2D eigenvalue weighted by Crippen LogP contribution is 2.30. The van der Waals surface area contributed by atoms with Gasteiger partial charge in [-0.1, -0.05) is 12.1 Å². The van der Waals surface area contributed by atoms with Gasteiger partial charge in [0.2, 0.25) is 17.6 Å². The van der Waals surface area contributed by atoms with Crippen LogP contribution in [0.15, 0.2) is 42.5 Å². The number of benzene rings is 2. The summed E-state index contributed by atoms with van der Waals surface area (Å²) in [7, 11) is 1.50. The summed E-state index contributed by atoms with van der Waals surface area (Å²) >= 11 is 0. The van der Waals surface area contributed by atoms with Crippen LogP contribution in [-0.4, -0.2) is 43.0 Å². The van der Waals surface area contributed by atoms with Gasteiger partial charge in [-0.25, -0.2) is 0 Å². The van der Waals surface area contributed by atoms with Crippen LogP contribution in [0.4, 0.5) is 15.8 Å². The van der Waals surface area contributed by atoms with Crippen molar-refractivity contribution in [2.75, 3.05) is 25.2 Å². The highest BCUT2D eigenvalue weighted by atomic mass is 19.1. The van der Waals surface area contributed by atoms with Gasteiger partial charge in [-0.05, 0) is 36.8 Å². The first-order valence-electron chi connectivity index (χ1n) is 10.6. The predicted molar refractivity (Wildman–Crippen MR) is 119 cm³/mol. The van der Waals surface area contributed by atoms with Gasteiger partial charge in [-0.3, -0.25) is 24.5 Å². The fraction of sp³-hybridized carbons (Fsp3) is 0.348. The Morgan fingerprint density at radius 3 is 2.74 bits per heavy atom. The fourth-order valence-electron chi connectivity index (χ4n) is 3.73. The SMILES string of the molecule is CCOC(=O)CC(NC(=O)C1CC(=O)N(c2ccc(F)c([N+](=O)[O-])c2)C1)c1cccc(OC)c1. The lowest BCUT2D eigenvalue weighted by molar-refractivity contribution is -0.387. The van der Waals surface area contributed by atoms with Crippen molar-refractivity contribution in [2.24, 2.45) is 5.92 Å². The standard InChI is InChI=1S/C23H24FN3O7/c1-3-34-22(29)12-19(14-5-4-6-17(9-14)33-2)25-23(30)15-10-21(28)26(13-15)16-7-8-18(24)20(11-16)27(31)32/h4-9,11,15,19H,3,10,12-13H2,1-2H3,(H,25,30). The van der Waals surface area contributed by atoms with Crippen LogP contribution in [0.1, 0.15) is 31.4 Å². The number of halogens is 1. The van der Waals surface area contributed by atoms with Gasteiger partial charge in [0.25, 0.3) is 0 Å². The Bertz CT molecular complexity index is 1110. The second-order valence-electron chi connectivity index (χ2n) is 7.65. The van der Waals surface area contributed by atoms with E-state index in [-0.39, 0.29) is 31.7 Å². The van der Waals surface area contributed by atoms with Gasteiger partial charge in [0.15, 0.2) is 0 Å². The third-order valence-electron chi connectivity index (χ3n) is 5.42. The predicted octanol–water partition coefficient (Wildman–Crippen LogP) is 2.91. The average Bonchev–Trinajstić information content (AvgIpc) is 3.20. The summed E-state index contributed by atoms with van der Waals surface area (Å²) in [5, 5.41) is 13.8. The number of carbonyl (C=O) groups is 3. The molecule has 0 bridgehead atoms. The number of hydrogen-bond acceptors (Lipinski definition) is 7. The van der Waals surface area contributed by atoms with Crippen molar-refractivity contribution in [3.8, 4) is 5.75 Å². The van der Waals surface area contributed by atoms with Crippen LogP contribution in [0, 0.1) is 21.8 Å². The van der Waals surface area contributed by atoms with Gasteiger partial charge < -0.3 is 19.7 Å². The minimum atomic E-state index is -1.02. The van der Waals surface area contributed by atoms with Crippen LogP contribution in [0.2, 0.25) is 0 Å². The molecule has 1 fully saturated rings. The van der Waals surface area contributed by atoms with E-state index in [4.69, 9.17) is 9.47 Å². The number of ether oxygens (including phenoxy) is 2. The molecule has 2 unspecified atom stereocenters. The Morgan fingerprint density at radius 2 is 2.06 bits per heavy atom. The molecule has 10 nitrogen and oxygen atoms in total. The smallest absolute Gasteiger partial charge is 0.308 e. The summed E-state index contributed by atoms with van der Waals surface area (Å²) in [5.74, 6) is -2.64. The number of amides is 2. The van der Waals surface area contributed by atoms with Gasteiger partial charge >= 0.3 is 11.7 Å². The third-order valence-corrected chi connectivity index (χ3v) is 5.42.